The van der Waals surface area contributed by atoms with Crippen molar-refractivity contribution in [3.05, 3.63) is 106 Å². The summed E-state index contributed by atoms with van der Waals surface area (Å²) in [5.41, 5.74) is 1.38. The predicted molar refractivity (Wildman–Crippen MR) is 149 cm³/mol. The summed E-state index contributed by atoms with van der Waals surface area (Å²) in [6, 6.07) is 15.9. The minimum absolute atomic E-state index is 0.148. The molecule has 0 N–H and O–H groups in total. The molecule has 14 heteroatoms. The minimum Gasteiger partial charge on any atom is -0.497 e. The van der Waals surface area contributed by atoms with Gasteiger partial charge < -0.3 is 18.4 Å². The van der Waals surface area contributed by atoms with Gasteiger partial charge >= 0.3 is 10.1 Å². The van der Waals surface area contributed by atoms with Crippen LogP contribution in [0.25, 0.3) is 27.7 Å². The molecule has 1 heterocycles. The van der Waals surface area contributed by atoms with Gasteiger partial charge in [0.2, 0.25) is 34.8 Å². The molecule has 0 spiro atoms. The molecule has 0 unspecified atom stereocenters. The van der Waals surface area contributed by atoms with E-state index < -0.39 is 55.4 Å². The molecule has 44 heavy (non-hydrogen) atoms. The zero-order chi connectivity index (χ0) is 31.9. The molecule has 0 fully saturated rings. The van der Waals surface area contributed by atoms with Crippen molar-refractivity contribution in [1.82, 2.24) is 4.57 Å². The lowest BCUT2D eigenvalue weighted by Gasteiger charge is -2.16. The Morgan fingerprint density at radius 1 is 0.636 bits per heavy atom. The van der Waals surface area contributed by atoms with Gasteiger partial charge in [-0.2, -0.15) is 17.2 Å². The van der Waals surface area contributed by atoms with Crippen LogP contribution in [0, 0.1) is 29.1 Å². The third-order valence-electron chi connectivity index (χ3n) is 6.62. The normalized spacial score (nSPS) is 11.5. The van der Waals surface area contributed by atoms with Gasteiger partial charge in [-0.1, -0.05) is 6.07 Å². The van der Waals surface area contributed by atoms with Crippen molar-refractivity contribution in [2.24, 2.45) is 0 Å². The summed E-state index contributed by atoms with van der Waals surface area (Å²) >= 11 is 0. The first-order chi connectivity index (χ1) is 20.9. The van der Waals surface area contributed by atoms with Gasteiger partial charge in [0.1, 0.15) is 22.1 Å². The van der Waals surface area contributed by atoms with E-state index in [1.807, 2.05) is 0 Å². The fourth-order valence-electron chi connectivity index (χ4n) is 4.46. The molecular weight excluding hydrogens is 613 g/mol. The van der Waals surface area contributed by atoms with Gasteiger partial charge in [0.25, 0.3) is 5.56 Å². The third kappa shape index (κ3) is 5.28. The van der Waals surface area contributed by atoms with Gasteiger partial charge in [-0.3, -0.25) is 9.36 Å². The van der Waals surface area contributed by atoms with Crippen LogP contribution < -0.4 is 24.0 Å². The molecular formula is C30H20F5NO7S. The Balaban J connectivity index is 1.59. The van der Waals surface area contributed by atoms with Gasteiger partial charge in [-0.15, -0.1) is 0 Å². The van der Waals surface area contributed by atoms with Gasteiger partial charge in [0, 0.05) is 17.5 Å². The Hall–Kier alpha value is -5.11. The maximum atomic E-state index is 14.1. The molecule has 4 aromatic carbocycles. The highest BCUT2D eigenvalue weighted by molar-refractivity contribution is 7.87. The zero-order valence-electron chi connectivity index (χ0n) is 23.0. The molecule has 8 nitrogen and oxygen atoms in total. The molecule has 1 aromatic heterocycles. The van der Waals surface area contributed by atoms with E-state index in [4.69, 9.17) is 14.2 Å². The number of halogens is 5. The standard InChI is InChI=1S/C30H20F5NO7S/c1-40-18-10-17(11-19(14-18)41-2)15-4-7-22(23(13-15)42-3)36-21-8-6-20(12-16(21)5-9-24(36)37)44(38,39)43-30-28(34)26(32)25(31)27(33)29(30)35/h4-14H,1-3H3. The molecule has 0 aliphatic rings. The second-order valence-electron chi connectivity index (χ2n) is 9.15. The number of benzene rings is 4. The number of pyridine rings is 1. The first kappa shape index (κ1) is 30.4. The van der Waals surface area contributed by atoms with Crippen LogP contribution in [-0.4, -0.2) is 34.3 Å². The Morgan fingerprint density at radius 2 is 1.25 bits per heavy atom. The number of aromatic nitrogens is 1. The zero-order valence-corrected chi connectivity index (χ0v) is 23.8. The first-order valence-electron chi connectivity index (χ1n) is 12.4. The van der Waals surface area contributed by atoms with Crippen molar-refractivity contribution in [1.29, 1.82) is 0 Å². The van der Waals surface area contributed by atoms with Gasteiger partial charge in [0.05, 0.1) is 32.5 Å². The highest BCUT2D eigenvalue weighted by Gasteiger charge is 2.31. The van der Waals surface area contributed by atoms with Crippen molar-refractivity contribution in [2.75, 3.05) is 21.3 Å². The molecule has 0 saturated carbocycles. The second-order valence-corrected chi connectivity index (χ2v) is 10.7. The molecule has 0 amide bonds. The molecule has 0 bridgehead atoms. The summed E-state index contributed by atoms with van der Waals surface area (Å²) < 4.78 is 116. The summed E-state index contributed by atoms with van der Waals surface area (Å²) in [6.45, 7) is 0. The van der Waals surface area contributed by atoms with E-state index in [1.54, 1.807) is 36.4 Å². The van der Waals surface area contributed by atoms with E-state index in [2.05, 4.69) is 4.18 Å². The number of hydrogen-bond acceptors (Lipinski definition) is 7. The van der Waals surface area contributed by atoms with Crippen LogP contribution in [-0.2, 0) is 10.1 Å². The molecule has 228 valence electrons. The second kappa shape index (κ2) is 11.5. The van der Waals surface area contributed by atoms with Gasteiger partial charge in [-0.25, -0.2) is 13.2 Å². The average Bonchev–Trinajstić information content (AvgIpc) is 3.04. The maximum Gasteiger partial charge on any atom is 0.339 e. The molecule has 0 radical (unpaired) electrons. The number of rotatable bonds is 8. The number of ether oxygens (including phenoxy) is 3. The lowest BCUT2D eigenvalue weighted by Crippen LogP contribution is -2.19. The summed E-state index contributed by atoms with van der Waals surface area (Å²) in [6.07, 6.45) is 0. The minimum atomic E-state index is -5.11. The largest absolute Gasteiger partial charge is 0.497 e. The molecule has 0 atom stereocenters. The average molecular weight is 634 g/mol. The van der Waals surface area contributed by atoms with Crippen molar-refractivity contribution in [3.63, 3.8) is 0 Å². The van der Waals surface area contributed by atoms with Crippen LogP contribution in [0.1, 0.15) is 0 Å². The topological polar surface area (TPSA) is 93.1 Å². The van der Waals surface area contributed by atoms with Crippen LogP contribution >= 0.6 is 0 Å². The van der Waals surface area contributed by atoms with Crippen LogP contribution in [0.15, 0.2) is 76.4 Å². The van der Waals surface area contributed by atoms with Crippen LogP contribution in [0.5, 0.6) is 23.0 Å². The Labute approximate surface area is 246 Å². The van der Waals surface area contributed by atoms with Crippen LogP contribution in [0.4, 0.5) is 22.0 Å². The quantitative estimate of drug-likeness (QED) is 0.0877. The molecule has 0 aliphatic heterocycles. The summed E-state index contributed by atoms with van der Waals surface area (Å²) in [7, 11) is -0.696. The van der Waals surface area contributed by atoms with Gasteiger partial charge in [0.15, 0.2) is 0 Å². The van der Waals surface area contributed by atoms with E-state index in [0.717, 1.165) is 23.8 Å². The van der Waals surface area contributed by atoms with Crippen LogP contribution in [0.2, 0.25) is 0 Å². The van der Waals surface area contributed by atoms with Crippen molar-refractivity contribution >= 4 is 21.0 Å². The SMILES string of the molecule is COc1cc(OC)cc(-c2ccc(-n3c(=O)ccc4cc(S(=O)(=O)Oc5c(F)c(F)c(F)c(F)c5F)ccc43)c(OC)c2)c1. The highest BCUT2D eigenvalue weighted by atomic mass is 32.2. The first-order valence-corrected chi connectivity index (χ1v) is 13.8. The third-order valence-corrected chi connectivity index (χ3v) is 7.84. The fourth-order valence-corrected chi connectivity index (χ4v) is 5.43. The Morgan fingerprint density at radius 3 is 1.84 bits per heavy atom. The summed E-state index contributed by atoms with van der Waals surface area (Å²) in [5.74, 6) is -12.8. The highest BCUT2D eigenvalue weighted by Crippen LogP contribution is 2.35. The number of fused-ring (bicyclic) bond motifs is 1. The van der Waals surface area contributed by atoms with E-state index in [1.165, 1.54) is 38.0 Å². The lowest BCUT2D eigenvalue weighted by molar-refractivity contribution is 0.346. The molecule has 0 saturated heterocycles. The van der Waals surface area contributed by atoms with Crippen LogP contribution in [0.3, 0.4) is 0 Å². The Kier molecular flexibility index (Phi) is 7.95. The van der Waals surface area contributed by atoms with Gasteiger partial charge in [-0.05, 0) is 59.7 Å². The monoisotopic (exact) mass is 633 g/mol. The van der Waals surface area contributed by atoms with E-state index in [-0.39, 0.29) is 22.3 Å². The van der Waals surface area contributed by atoms with Crippen molar-refractivity contribution in [2.45, 2.75) is 4.90 Å². The number of methoxy groups -OCH3 is 3. The van der Waals surface area contributed by atoms with E-state index in [9.17, 15) is 35.2 Å². The molecule has 5 rings (SSSR count). The lowest BCUT2D eigenvalue weighted by atomic mass is 10.0. The van der Waals surface area contributed by atoms with E-state index >= 15 is 0 Å². The Bertz CT molecular complexity index is 2070. The smallest absolute Gasteiger partial charge is 0.339 e. The van der Waals surface area contributed by atoms with E-state index in [0.29, 0.717) is 17.1 Å². The number of nitrogens with zero attached hydrogens (tertiary/aromatic N) is 1. The number of hydrogen-bond donors (Lipinski definition) is 0. The summed E-state index contributed by atoms with van der Waals surface area (Å²) in [5, 5.41) is 0.148. The molecule has 0 aliphatic carbocycles. The van der Waals surface area contributed by atoms with Crippen molar-refractivity contribution < 1.29 is 48.8 Å². The predicted octanol–water partition coefficient (Wildman–Crippen LogP) is 6.15. The molecule has 5 aromatic rings. The fraction of sp³-hybridized carbons (Fsp3) is 0.100. The van der Waals surface area contributed by atoms with Crippen molar-refractivity contribution in [3.8, 4) is 39.8 Å². The maximum absolute atomic E-state index is 14.1. The summed E-state index contributed by atoms with van der Waals surface area (Å²) in [4.78, 5) is 12.4.